The van der Waals surface area contributed by atoms with Crippen LogP contribution in [0.5, 0.6) is 5.75 Å². The Labute approximate surface area is 127 Å². The third-order valence-electron chi connectivity index (χ3n) is 3.63. The molecule has 0 aliphatic carbocycles. The second kappa shape index (κ2) is 7.84. The van der Waals surface area contributed by atoms with Crippen molar-refractivity contribution in [3.05, 3.63) is 47.8 Å². The van der Waals surface area contributed by atoms with E-state index in [0.29, 0.717) is 12.6 Å². The molecule has 0 spiro atoms. The van der Waals surface area contributed by atoms with E-state index in [1.54, 1.807) is 0 Å². The molecule has 1 aromatic carbocycles. The summed E-state index contributed by atoms with van der Waals surface area (Å²) in [7, 11) is 1.99. The maximum atomic E-state index is 5.60. The molecule has 0 bridgehead atoms. The Morgan fingerprint density at radius 2 is 2.14 bits per heavy atom. The molecule has 1 aromatic heterocycles. The standard InChI is InChI=1S/C17H25N3O/c1-4-18-17(10-9-15-11-12-19-20(15)3)14-7-6-8-16(13-14)21-5-2/h6-8,11-13,17-18H,4-5,9-10H2,1-3H3. The fourth-order valence-electron chi connectivity index (χ4n) is 2.56. The quantitative estimate of drug-likeness (QED) is 0.811. The van der Waals surface area contributed by atoms with E-state index < -0.39 is 0 Å². The topological polar surface area (TPSA) is 39.1 Å². The van der Waals surface area contributed by atoms with Gasteiger partial charge < -0.3 is 10.1 Å². The summed E-state index contributed by atoms with van der Waals surface area (Å²) in [6.07, 6.45) is 3.91. The fraction of sp³-hybridized carbons (Fsp3) is 0.471. The second-order valence-electron chi connectivity index (χ2n) is 5.10. The van der Waals surface area contributed by atoms with Crippen LogP contribution in [0.1, 0.15) is 37.6 Å². The molecule has 4 heteroatoms. The van der Waals surface area contributed by atoms with Crippen LogP contribution in [0, 0.1) is 0 Å². The molecule has 1 heterocycles. The first kappa shape index (κ1) is 15.6. The van der Waals surface area contributed by atoms with Gasteiger partial charge in [-0.25, -0.2) is 0 Å². The van der Waals surface area contributed by atoms with E-state index in [1.165, 1.54) is 11.3 Å². The molecule has 0 radical (unpaired) electrons. The molecule has 0 aliphatic rings. The van der Waals surface area contributed by atoms with E-state index in [9.17, 15) is 0 Å². The third kappa shape index (κ3) is 4.33. The first-order valence-corrected chi connectivity index (χ1v) is 7.67. The highest BCUT2D eigenvalue weighted by atomic mass is 16.5. The molecule has 114 valence electrons. The Kier molecular flexibility index (Phi) is 5.81. The van der Waals surface area contributed by atoms with Crippen LogP contribution in [0.3, 0.4) is 0 Å². The van der Waals surface area contributed by atoms with E-state index in [4.69, 9.17) is 4.74 Å². The largest absolute Gasteiger partial charge is 0.494 e. The van der Waals surface area contributed by atoms with Crippen molar-refractivity contribution in [1.29, 1.82) is 0 Å². The average molecular weight is 287 g/mol. The number of aromatic nitrogens is 2. The SMILES string of the molecule is CCNC(CCc1ccnn1C)c1cccc(OCC)c1. The van der Waals surface area contributed by atoms with Crippen molar-refractivity contribution in [2.24, 2.45) is 7.05 Å². The molecular formula is C17H25N3O. The number of rotatable bonds is 8. The van der Waals surface area contributed by atoms with Crippen molar-refractivity contribution in [2.75, 3.05) is 13.2 Å². The highest BCUT2D eigenvalue weighted by Gasteiger charge is 2.12. The minimum absolute atomic E-state index is 0.338. The first-order chi connectivity index (χ1) is 10.2. The Bertz CT molecular complexity index is 550. The van der Waals surface area contributed by atoms with E-state index in [1.807, 2.05) is 30.9 Å². The Hall–Kier alpha value is -1.81. The molecule has 2 aromatic rings. The number of hydrogen-bond donors (Lipinski definition) is 1. The molecule has 0 amide bonds. The molecule has 4 nitrogen and oxygen atoms in total. The molecular weight excluding hydrogens is 262 g/mol. The van der Waals surface area contributed by atoms with Gasteiger partial charge in [0.1, 0.15) is 5.75 Å². The summed E-state index contributed by atoms with van der Waals surface area (Å²) in [5.74, 6) is 0.943. The molecule has 2 rings (SSSR count). The van der Waals surface area contributed by atoms with Gasteiger partial charge in [-0.3, -0.25) is 4.68 Å². The summed E-state index contributed by atoms with van der Waals surface area (Å²) < 4.78 is 7.55. The van der Waals surface area contributed by atoms with Crippen LogP contribution in [-0.2, 0) is 13.5 Å². The average Bonchev–Trinajstić information content (AvgIpc) is 2.89. The van der Waals surface area contributed by atoms with Gasteiger partial charge >= 0.3 is 0 Å². The Balaban J connectivity index is 2.07. The minimum Gasteiger partial charge on any atom is -0.494 e. The maximum absolute atomic E-state index is 5.60. The van der Waals surface area contributed by atoms with Crippen molar-refractivity contribution in [2.45, 2.75) is 32.7 Å². The van der Waals surface area contributed by atoms with Crippen LogP contribution in [0.15, 0.2) is 36.5 Å². The van der Waals surface area contributed by atoms with Gasteiger partial charge in [0, 0.05) is 25.0 Å². The number of nitrogens with one attached hydrogen (secondary N) is 1. The molecule has 0 saturated heterocycles. The minimum atomic E-state index is 0.338. The van der Waals surface area contributed by atoms with Crippen LogP contribution in [0.25, 0.3) is 0 Å². The smallest absolute Gasteiger partial charge is 0.119 e. The van der Waals surface area contributed by atoms with E-state index in [-0.39, 0.29) is 0 Å². The van der Waals surface area contributed by atoms with Crippen molar-refractivity contribution in [1.82, 2.24) is 15.1 Å². The molecule has 1 unspecified atom stereocenters. The summed E-state index contributed by atoms with van der Waals surface area (Å²) in [6.45, 7) is 5.81. The van der Waals surface area contributed by atoms with Crippen molar-refractivity contribution in [3.63, 3.8) is 0 Å². The number of benzene rings is 1. The molecule has 0 saturated carbocycles. The van der Waals surface area contributed by atoms with Gasteiger partial charge in [0.25, 0.3) is 0 Å². The highest BCUT2D eigenvalue weighted by molar-refractivity contribution is 5.30. The van der Waals surface area contributed by atoms with Crippen molar-refractivity contribution in [3.8, 4) is 5.75 Å². The molecule has 21 heavy (non-hydrogen) atoms. The van der Waals surface area contributed by atoms with Crippen LogP contribution in [-0.4, -0.2) is 22.9 Å². The predicted molar refractivity (Wildman–Crippen MR) is 85.6 cm³/mol. The third-order valence-corrected chi connectivity index (χ3v) is 3.63. The van der Waals surface area contributed by atoms with Gasteiger partial charge in [-0.2, -0.15) is 5.10 Å². The van der Waals surface area contributed by atoms with Gasteiger partial charge in [0.15, 0.2) is 0 Å². The number of ether oxygens (including phenoxy) is 1. The summed E-state index contributed by atoms with van der Waals surface area (Å²) in [4.78, 5) is 0. The highest BCUT2D eigenvalue weighted by Crippen LogP contribution is 2.23. The van der Waals surface area contributed by atoms with Crippen molar-refractivity contribution >= 4 is 0 Å². The number of nitrogens with zero attached hydrogens (tertiary/aromatic N) is 2. The normalized spacial score (nSPS) is 12.3. The van der Waals surface area contributed by atoms with Crippen LogP contribution < -0.4 is 10.1 Å². The Morgan fingerprint density at radius 1 is 1.29 bits per heavy atom. The zero-order valence-electron chi connectivity index (χ0n) is 13.2. The van der Waals surface area contributed by atoms with E-state index in [2.05, 4.69) is 41.6 Å². The summed E-state index contributed by atoms with van der Waals surface area (Å²) in [6, 6.07) is 10.8. The first-order valence-electron chi connectivity index (χ1n) is 7.67. The number of aryl methyl sites for hydroxylation is 2. The monoisotopic (exact) mass is 287 g/mol. The van der Waals surface area contributed by atoms with Crippen LogP contribution in [0.4, 0.5) is 0 Å². The lowest BCUT2D eigenvalue weighted by Crippen LogP contribution is -2.22. The lowest BCUT2D eigenvalue weighted by atomic mass is 10.0. The van der Waals surface area contributed by atoms with Gasteiger partial charge in [-0.15, -0.1) is 0 Å². The van der Waals surface area contributed by atoms with Gasteiger partial charge in [-0.1, -0.05) is 19.1 Å². The summed E-state index contributed by atoms with van der Waals surface area (Å²) in [5.41, 5.74) is 2.55. The van der Waals surface area contributed by atoms with E-state index in [0.717, 1.165) is 25.1 Å². The zero-order chi connectivity index (χ0) is 15.1. The predicted octanol–water partition coefficient (Wildman–Crippen LogP) is 3.10. The molecule has 0 fully saturated rings. The molecule has 1 atom stereocenters. The molecule has 0 aliphatic heterocycles. The zero-order valence-corrected chi connectivity index (χ0v) is 13.2. The van der Waals surface area contributed by atoms with Crippen LogP contribution in [0.2, 0.25) is 0 Å². The van der Waals surface area contributed by atoms with Gasteiger partial charge in [0.2, 0.25) is 0 Å². The summed E-state index contributed by atoms with van der Waals surface area (Å²) >= 11 is 0. The second-order valence-corrected chi connectivity index (χ2v) is 5.10. The molecule has 1 N–H and O–H groups in total. The lowest BCUT2D eigenvalue weighted by Gasteiger charge is -2.19. The van der Waals surface area contributed by atoms with Gasteiger partial charge in [-0.05, 0) is 50.1 Å². The lowest BCUT2D eigenvalue weighted by molar-refractivity contribution is 0.339. The summed E-state index contributed by atoms with van der Waals surface area (Å²) in [5, 5.41) is 7.79. The van der Waals surface area contributed by atoms with Crippen LogP contribution >= 0.6 is 0 Å². The van der Waals surface area contributed by atoms with Crippen molar-refractivity contribution < 1.29 is 4.74 Å². The van der Waals surface area contributed by atoms with E-state index >= 15 is 0 Å². The Morgan fingerprint density at radius 3 is 2.81 bits per heavy atom. The van der Waals surface area contributed by atoms with Gasteiger partial charge in [0.05, 0.1) is 6.61 Å². The number of hydrogen-bond acceptors (Lipinski definition) is 3. The fourth-order valence-corrected chi connectivity index (χ4v) is 2.56. The maximum Gasteiger partial charge on any atom is 0.119 e.